The molecule has 1 aliphatic rings. The molecule has 1 atom stereocenters. The van der Waals surface area contributed by atoms with Crippen LogP contribution in [0.5, 0.6) is 0 Å². The van der Waals surface area contributed by atoms with E-state index in [9.17, 15) is 14.0 Å². The van der Waals surface area contributed by atoms with E-state index >= 15 is 0 Å². The number of hydrogen-bond acceptors (Lipinski definition) is 5. The second-order valence-corrected chi connectivity index (χ2v) is 7.44. The average molecular weight is 408 g/mol. The lowest BCUT2D eigenvalue weighted by atomic mass is 10.1. The fourth-order valence-corrected chi connectivity index (χ4v) is 3.44. The standard InChI is InChI=1S/C23H21FN2O4/c1-14-7-8-18(9-15(14)2)26-12-16(10-22(26)27)23(28)29-13-17-11-21(30-25-17)19-5-3-4-6-20(19)24/h3-9,11,16H,10,12-13H2,1-2H3. The van der Waals surface area contributed by atoms with Crippen molar-refractivity contribution in [1.29, 1.82) is 0 Å². The number of carbonyl (C=O) groups excluding carboxylic acids is 2. The predicted octanol–water partition coefficient (Wildman–Crippen LogP) is 4.19. The van der Waals surface area contributed by atoms with Crippen LogP contribution in [0.15, 0.2) is 53.1 Å². The Balaban J connectivity index is 1.37. The first-order valence-corrected chi connectivity index (χ1v) is 9.67. The zero-order valence-corrected chi connectivity index (χ0v) is 16.7. The molecular formula is C23H21FN2O4. The number of rotatable bonds is 5. The molecule has 0 bridgehead atoms. The molecule has 1 aromatic heterocycles. The summed E-state index contributed by atoms with van der Waals surface area (Å²) in [7, 11) is 0. The van der Waals surface area contributed by atoms with Crippen LogP contribution in [0.3, 0.4) is 0 Å². The van der Waals surface area contributed by atoms with Crippen molar-refractivity contribution in [2.75, 3.05) is 11.4 Å². The summed E-state index contributed by atoms with van der Waals surface area (Å²) < 4.78 is 24.3. The number of benzene rings is 2. The van der Waals surface area contributed by atoms with E-state index < -0.39 is 17.7 Å². The number of amides is 1. The summed E-state index contributed by atoms with van der Waals surface area (Å²) in [6.07, 6.45) is 0.102. The quantitative estimate of drug-likeness (QED) is 0.592. The first-order valence-electron chi connectivity index (χ1n) is 9.67. The minimum Gasteiger partial charge on any atom is -0.459 e. The molecule has 1 fully saturated rings. The number of hydrogen-bond donors (Lipinski definition) is 0. The Morgan fingerprint density at radius 3 is 2.77 bits per heavy atom. The van der Waals surface area contributed by atoms with Gasteiger partial charge in [-0.25, -0.2) is 4.39 Å². The normalized spacial score (nSPS) is 16.2. The second-order valence-electron chi connectivity index (χ2n) is 7.44. The molecule has 1 aliphatic heterocycles. The van der Waals surface area contributed by atoms with Crippen molar-refractivity contribution in [2.24, 2.45) is 5.92 Å². The Labute approximate surface area is 173 Å². The molecule has 0 N–H and O–H groups in total. The number of esters is 1. The second kappa shape index (κ2) is 8.10. The van der Waals surface area contributed by atoms with Crippen LogP contribution in [0.2, 0.25) is 0 Å². The van der Waals surface area contributed by atoms with Crippen LogP contribution in [0.25, 0.3) is 11.3 Å². The minimum absolute atomic E-state index is 0.102. The summed E-state index contributed by atoms with van der Waals surface area (Å²) in [6.45, 7) is 4.16. The molecule has 2 aromatic carbocycles. The van der Waals surface area contributed by atoms with Crippen molar-refractivity contribution >= 4 is 17.6 Å². The summed E-state index contributed by atoms with van der Waals surface area (Å²) in [5, 5.41) is 3.83. The van der Waals surface area contributed by atoms with Crippen LogP contribution in [0, 0.1) is 25.6 Å². The van der Waals surface area contributed by atoms with Gasteiger partial charge in [0, 0.05) is 24.7 Å². The molecule has 4 rings (SSSR count). The summed E-state index contributed by atoms with van der Waals surface area (Å²) in [5.74, 6) is -1.28. The number of anilines is 1. The van der Waals surface area contributed by atoms with E-state index in [-0.39, 0.29) is 36.8 Å². The van der Waals surface area contributed by atoms with E-state index in [2.05, 4.69) is 5.16 Å². The number of ether oxygens (including phenoxy) is 1. The van der Waals surface area contributed by atoms with Gasteiger partial charge in [0.25, 0.3) is 0 Å². The summed E-state index contributed by atoms with van der Waals surface area (Å²) in [6, 6.07) is 13.5. The number of carbonyl (C=O) groups is 2. The molecule has 0 radical (unpaired) electrons. The number of halogens is 1. The van der Waals surface area contributed by atoms with Gasteiger partial charge in [0.2, 0.25) is 5.91 Å². The van der Waals surface area contributed by atoms with Gasteiger partial charge in [-0.1, -0.05) is 23.4 Å². The van der Waals surface area contributed by atoms with Gasteiger partial charge in [-0.2, -0.15) is 0 Å². The lowest BCUT2D eigenvalue weighted by molar-refractivity contribution is -0.149. The van der Waals surface area contributed by atoms with Crippen molar-refractivity contribution in [3.05, 3.63) is 71.2 Å². The van der Waals surface area contributed by atoms with E-state index in [1.807, 2.05) is 32.0 Å². The molecule has 2 heterocycles. The van der Waals surface area contributed by atoms with Gasteiger partial charge < -0.3 is 14.2 Å². The molecule has 0 saturated carbocycles. The number of nitrogens with zero attached hydrogens (tertiary/aromatic N) is 2. The van der Waals surface area contributed by atoms with Crippen molar-refractivity contribution in [3.63, 3.8) is 0 Å². The third-order valence-electron chi connectivity index (χ3n) is 5.32. The minimum atomic E-state index is -0.544. The molecule has 1 unspecified atom stereocenters. The van der Waals surface area contributed by atoms with Crippen LogP contribution in [-0.4, -0.2) is 23.6 Å². The van der Waals surface area contributed by atoms with Crippen molar-refractivity contribution in [2.45, 2.75) is 26.9 Å². The fourth-order valence-electron chi connectivity index (χ4n) is 3.44. The molecule has 6 nitrogen and oxygen atoms in total. The Kier molecular flexibility index (Phi) is 5.35. The molecule has 3 aromatic rings. The molecule has 154 valence electrons. The first kappa shape index (κ1) is 19.8. The van der Waals surface area contributed by atoms with Crippen molar-refractivity contribution < 1.29 is 23.2 Å². The van der Waals surface area contributed by atoms with Gasteiger partial charge in [-0.05, 0) is 49.2 Å². The Morgan fingerprint density at radius 1 is 1.20 bits per heavy atom. The predicted molar refractivity (Wildman–Crippen MR) is 108 cm³/mol. The maximum Gasteiger partial charge on any atom is 0.311 e. The Hall–Kier alpha value is -3.48. The Bertz CT molecular complexity index is 1110. The number of aryl methyl sites for hydroxylation is 2. The van der Waals surface area contributed by atoms with Crippen molar-refractivity contribution in [1.82, 2.24) is 5.16 Å². The Morgan fingerprint density at radius 2 is 2.00 bits per heavy atom. The topological polar surface area (TPSA) is 72.6 Å². The molecule has 30 heavy (non-hydrogen) atoms. The van der Waals surface area contributed by atoms with Crippen LogP contribution in [0.4, 0.5) is 10.1 Å². The maximum absolute atomic E-state index is 13.9. The van der Waals surface area contributed by atoms with E-state index in [1.54, 1.807) is 23.1 Å². The molecule has 7 heteroatoms. The highest BCUT2D eigenvalue weighted by Gasteiger charge is 2.36. The highest BCUT2D eigenvalue weighted by atomic mass is 19.1. The molecule has 1 amide bonds. The summed E-state index contributed by atoms with van der Waals surface area (Å²) in [4.78, 5) is 26.5. The van der Waals surface area contributed by atoms with Crippen molar-refractivity contribution in [3.8, 4) is 11.3 Å². The van der Waals surface area contributed by atoms with Crippen LogP contribution in [-0.2, 0) is 20.9 Å². The van der Waals surface area contributed by atoms with E-state index in [0.717, 1.165) is 16.8 Å². The van der Waals surface area contributed by atoms with Gasteiger partial charge in [-0.3, -0.25) is 9.59 Å². The SMILES string of the molecule is Cc1ccc(N2CC(C(=O)OCc3cc(-c4ccccc4F)on3)CC2=O)cc1C. The van der Waals surface area contributed by atoms with Gasteiger partial charge in [0.05, 0.1) is 11.5 Å². The van der Waals surface area contributed by atoms with E-state index in [0.29, 0.717) is 5.69 Å². The third-order valence-corrected chi connectivity index (χ3v) is 5.32. The van der Waals surface area contributed by atoms with Gasteiger partial charge >= 0.3 is 5.97 Å². The summed E-state index contributed by atoms with van der Waals surface area (Å²) in [5.41, 5.74) is 3.67. The lowest BCUT2D eigenvalue weighted by Crippen LogP contribution is -2.26. The zero-order chi connectivity index (χ0) is 21.3. The van der Waals surface area contributed by atoms with Gasteiger partial charge in [0.15, 0.2) is 5.76 Å². The highest BCUT2D eigenvalue weighted by molar-refractivity contribution is 5.99. The van der Waals surface area contributed by atoms with Gasteiger partial charge in [0.1, 0.15) is 18.1 Å². The average Bonchev–Trinajstić information content (AvgIpc) is 3.35. The smallest absolute Gasteiger partial charge is 0.311 e. The highest BCUT2D eigenvalue weighted by Crippen LogP contribution is 2.28. The largest absolute Gasteiger partial charge is 0.459 e. The van der Waals surface area contributed by atoms with Crippen LogP contribution >= 0.6 is 0 Å². The molecule has 0 aliphatic carbocycles. The molecule has 1 saturated heterocycles. The number of aromatic nitrogens is 1. The molecule has 0 spiro atoms. The summed E-state index contributed by atoms with van der Waals surface area (Å²) >= 11 is 0. The third kappa shape index (κ3) is 3.96. The maximum atomic E-state index is 13.9. The monoisotopic (exact) mass is 408 g/mol. The molecular weight excluding hydrogens is 387 g/mol. The lowest BCUT2D eigenvalue weighted by Gasteiger charge is -2.17. The fraction of sp³-hybridized carbons (Fsp3) is 0.261. The zero-order valence-electron chi connectivity index (χ0n) is 16.7. The van der Waals surface area contributed by atoms with Gasteiger partial charge in [-0.15, -0.1) is 0 Å². The first-order chi connectivity index (χ1) is 14.4. The van der Waals surface area contributed by atoms with Crippen LogP contribution in [0.1, 0.15) is 23.2 Å². The van der Waals surface area contributed by atoms with E-state index in [4.69, 9.17) is 9.26 Å². The van der Waals surface area contributed by atoms with E-state index in [1.165, 1.54) is 12.1 Å². The van der Waals surface area contributed by atoms with Crippen LogP contribution < -0.4 is 4.90 Å².